The smallest absolute Gasteiger partial charge is 0.00577 e. The van der Waals surface area contributed by atoms with E-state index in [-0.39, 0.29) is 0 Å². The minimum absolute atomic E-state index is 1.10. The summed E-state index contributed by atoms with van der Waals surface area (Å²) in [5, 5.41) is 0. The van der Waals surface area contributed by atoms with E-state index < -0.39 is 0 Å². The van der Waals surface area contributed by atoms with Gasteiger partial charge < -0.3 is 0 Å². The molecular formula is C19H20. The van der Waals surface area contributed by atoms with E-state index in [1.54, 1.807) is 5.57 Å². The largest absolute Gasteiger partial charge is 0.0655 e. The molecule has 0 saturated carbocycles. The van der Waals surface area contributed by atoms with Gasteiger partial charge in [-0.3, -0.25) is 0 Å². The summed E-state index contributed by atoms with van der Waals surface area (Å²) >= 11 is 0. The molecule has 0 atom stereocenters. The molecule has 0 heteroatoms. The van der Waals surface area contributed by atoms with Crippen LogP contribution in [0.3, 0.4) is 0 Å². The van der Waals surface area contributed by atoms with E-state index in [4.69, 9.17) is 0 Å². The number of benzene rings is 2. The van der Waals surface area contributed by atoms with Crippen LogP contribution >= 0.6 is 0 Å². The fourth-order valence-corrected chi connectivity index (χ4v) is 2.87. The van der Waals surface area contributed by atoms with Gasteiger partial charge in [-0.05, 0) is 47.1 Å². The molecule has 0 saturated heterocycles. The molecule has 1 aliphatic rings. The lowest BCUT2D eigenvalue weighted by atomic mass is 9.95. The van der Waals surface area contributed by atoms with Gasteiger partial charge in [-0.25, -0.2) is 0 Å². The highest BCUT2D eigenvalue weighted by Crippen LogP contribution is 2.35. The van der Waals surface area contributed by atoms with Crippen LogP contribution in [0.25, 0.3) is 17.2 Å². The zero-order chi connectivity index (χ0) is 13.2. The van der Waals surface area contributed by atoms with E-state index in [9.17, 15) is 0 Å². The third-order valence-electron chi connectivity index (χ3n) is 4.06. The lowest BCUT2D eigenvalue weighted by Gasteiger charge is -2.09. The van der Waals surface area contributed by atoms with Crippen molar-refractivity contribution in [1.29, 1.82) is 0 Å². The van der Waals surface area contributed by atoms with E-state index in [1.165, 1.54) is 27.8 Å². The van der Waals surface area contributed by atoms with Crippen molar-refractivity contribution in [2.24, 2.45) is 0 Å². The summed E-state index contributed by atoms with van der Waals surface area (Å²) in [6.07, 6.45) is 5.78. The summed E-state index contributed by atoms with van der Waals surface area (Å²) in [5.41, 5.74) is 8.62. The van der Waals surface area contributed by atoms with E-state index in [0.717, 1.165) is 19.3 Å². The second-order valence-electron chi connectivity index (χ2n) is 5.27. The van der Waals surface area contributed by atoms with Gasteiger partial charge in [-0.2, -0.15) is 0 Å². The average Bonchev–Trinajstić information content (AvgIpc) is 2.90. The van der Waals surface area contributed by atoms with Crippen LogP contribution in [0.4, 0.5) is 0 Å². The standard InChI is InChI=1S/C19H20/c1-3-14-7-5-8-16(11-14)18-10-6-9-17-12-15(4-2)13-19(17)18/h5-11,13H,3-4,12H2,1-2H3. The normalized spacial score (nSPS) is 13.3. The summed E-state index contributed by atoms with van der Waals surface area (Å²) in [7, 11) is 0. The van der Waals surface area contributed by atoms with Gasteiger partial charge in [0.2, 0.25) is 0 Å². The number of fused-ring (bicyclic) bond motifs is 1. The monoisotopic (exact) mass is 248 g/mol. The molecule has 96 valence electrons. The number of allylic oxidation sites excluding steroid dienone is 1. The van der Waals surface area contributed by atoms with Crippen LogP contribution in [0, 0.1) is 0 Å². The first kappa shape index (κ1) is 12.2. The molecule has 3 rings (SSSR count). The highest BCUT2D eigenvalue weighted by atomic mass is 14.2. The quantitative estimate of drug-likeness (QED) is 0.694. The van der Waals surface area contributed by atoms with Crippen molar-refractivity contribution in [2.75, 3.05) is 0 Å². The first-order valence-electron chi connectivity index (χ1n) is 7.22. The fourth-order valence-electron chi connectivity index (χ4n) is 2.87. The van der Waals surface area contributed by atoms with Gasteiger partial charge in [0.25, 0.3) is 0 Å². The SMILES string of the molecule is CCC1=Cc2c(cccc2-c2cccc(CC)c2)C1. The fraction of sp³-hybridized carbons (Fsp3) is 0.263. The molecule has 0 amide bonds. The van der Waals surface area contributed by atoms with Gasteiger partial charge in [0.15, 0.2) is 0 Å². The molecule has 0 unspecified atom stereocenters. The first-order valence-corrected chi connectivity index (χ1v) is 7.22. The Morgan fingerprint density at radius 1 is 0.947 bits per heavy atom. The van der Waals surface area contributed by atoms with Gasteiger partial charge in [0, 0.05) is 0 Å². The van der Waals surface area contributed by atoms with Gasteiger partial charge in [-0.1, -0.05) is 68.0 Å². The molecule has 19 heavy (non-hydrogen) atoms. The topological polar surface area (TPSA) is 0 Å². The molecule has 1 aliphatic carbocycles. The Kier molecular flexibility index (Phi) is 3.25. The van der Waals surface area contributed by atoms with Crippen LogP contribution in [-0.4, -0.2) is 0 Å². The van der Waals surface area contributed by atoms with Crippen molar-refractivity contribution in [3.05, 3.63) is 64.7 Å². The second kappa shape index (κ2) is 5.05. The third-order valence-corrected chi connectivity index (χ3v) is 4.06. The Bertz CT molecular complexity index is 632. The molecule has 0 heterocycles. The zero-order valence-corrected chi connectivity index (χ0v) is 11.7. The third kappa shape index (κ3) is 2.23. The number of rotatable bonds is 3. The van der Waals surface area contributed by atoms with Gasteiger partial charge >= 0.3 is 0 Å². The second-order valence-corrected chi connectivity index (χ2v) is 5.27. The molecule has 0 fully saturated rings. The Morgan fingerprint density at radius 2 is 1.79 bits per heavy atom. The lowest BCUT2D eigenvalue weighted by molar-refractivity contribution is 1.04. The van der Waals surface area contributed by atoms with Crippen molar-refractivity contribution in [1.82, 2.24) is 0 Å². The summed E-state index contributed by atoms with van der Waals surface area (Å²) in [6, 6.07) is 15.6. The van der Waals surface area contributed by atoms with Crippen LogP contribution < -0.4 is 0 Å². The molecule has 0 radical (unpaired) electrons. The average molecular weight is 248 g/mol. The zero-order valence-electron chi connectivity index (χ0n) is 11.7. The lowest BCUT2D eigenvalue weighted by Crippen LogP contribution is -1.88. The number of aryl methyl sites for hydroxylation is 1. The van der Waals surface area contributed by atoms with Crippen molar-refractivity contribution in [3.63, 3.8) is 0 Å². The van der Waals surface area contributed by atoms with Crippen LogP contribution in [0.2, 0.25) is 0 Å². The minimum Gasteiger partial charge on any atom is -0.0655 e. The predicted octanol–water partition coefficient (Wildman–Crippen LogP) is 5.27. The highest BCUT2D eigenvalue weighted by molar-refractivity contribution is 5.80. The Balaban J connectivity index is 2.11. The van der Waals surface area contributed by atoms with Gasteiger partial charge in [0.05, 0.1) is 0 Å². The van der Waals surface area contributed by atoms with Crippen molar-refractivity contribution < 1.29 is 0 Å². The number of hydrogen-bond donors (Lipinski definition) is 0. The van der Waals surface area contributed by atoms with E-state index in [1.807, 2.05) is 0 Å². The summed E-state index contributed by atoms with van der Waals surface area (Å²) in [6.45, 7) is 4.46. The molecule has 0 spiro atoms. The van der Waals surface area contributed by atoms with Crippen LogP contribution in [0.15, 0.2) is 48.0 Å². The maximum atomic E-state index is 2.39. The molecule has 0 aromatic heterocycles. The van der Waals surface area contributed by atoms with Crippen molar-refractivity contribution >= 4 is 6.08 Å². The molecule has 0 aliphatic heterocycles. The summed E-state index contributed by atoms with van der Waals surface area (Å²) in [5.74, 6) is 0. The molecule has 2 aromatic carbocycles. The van der Waals surface area contributed by atoms with Crippen LogP contribution in [-0.2, 0) is 12.8 Å². The Labute approximate surface area is 115 Å². The Hall–Kier alpha value is -1.82. The maximum Gasteiger partial charge on any atom is -0.00577 e. The molecule has 2 aromatic rings. The number of hydrogen-bond acceptors (Lipinski definition) is 0. The van der Waals surface area contributed by atoms with Gasteiger partial charge in [0.1, 0.15) is 0 Å². The van der Waals surface area contributed by atoms with E-state index >= 15 is 0 Å². The molecular weight excluding hydrogens is 228 g/mol. The molecule has 0 N–H and O–H groups in total. The van der Waals surface area contributed by atoms with E-state index in [2.05, 4.69) is 62.4 Å². The van der Waals surface area contributed by atoms with Crippen molar-refractivity contribution in [2.45, 2.75) is 33.1 Å². The van der Waals surface area contributed by atoms with E-state index in [0.29, 0.717) is 0 Å². The summed E-state index contributed by atoms with van der Waals surface area (Å²) in [4.78, 5) is 0. The predicted molar refractivity (Wildman–Crippen MR) is 83.2 cm³/mol. The first-order chi connectivity index (χ1) is 9.31. The summed E-state index contributed by atoms with van der Waals surface area (Å²) < 4.78 is 0. The molecule has 0 bridgehead atoms. The van der Waals surface area contributed by atoms with Crippen molar-refractivity contribution in [3.8, 4) is 11.1 Å². The van der Waals surface area contributed by atoms with Crippen LogP contribution in [0.5, 0.6) is 0 Å². The highest BCUT2D eigenvalue weighted by Gasteiger charge is 2.15. The van der Waals surface area contributed by atoms with Gasteiger partial charge in [-0.15, -0.1) is 0 Å². The Morgan fingerprint density at radius 3 is 2.58 bits per heavy atom. The van der Waals surface area contributed by atoms with Crippen LogP contribution in [0.1, 0.15) is 37.0 Å². The molecule has 0 nitrogen and oxygen atoms in total. The maximum absolute atomic E-state index is 2.39. The minimum atomic E-state index is 1.10.